The van der Waals surface area contributed by atoms with Crippen LogP contribution in [0.3, 0.4) is 0 Å². The van der Waals surface area contributed by atoms with Crippen LogP contribution in [0.4, 0.5) is 0 Å². The molecule has 20 heavy (non-hydrogen) atoms. The molecule has 0 spiro atoms. The smallest absolute Gasteiger partial charge is 0.119 e. The highest BCUT2D eigenvalue weighted by Crippen LogP contribution is 2.18. The van der Waals surface area contributed by atoms with Crippen LogP contribution in [0, 0.1) is 0 Å². The second kappa shape index (κ2) is 10.7. The predicted molar refractivity (Wildman–Crippen MR) is 84.4 cm³/mol. The second-order valence-electron chi connectivity index (χ2n) is 4.94. The molecule has 1 aromatic carbocycles. The van der Waals surface area contributed by atoms with Gasteiger partial charge in [0.05, 0.1) is 19.3 Å². The van der Waals surface area contributed by atoms with Crippen molar-refractivity contribution in [3.63, 3.8) is 0 Å². The Morgan fingerprint density at radius 3 is 2.40 bits per heavy atom. The molecule has 1 aromatic rings. The van der Waals surface area contributed by atoms with Gasteiger partial charge in [0.15, 0.2) is 0 Å². The zero-order chi connectivity index (χ0) is 14.6. The van der Waals surface area contributed by atoms with Gasteiger partial charge in [-0.05, 0) is 44.0 Å². The van der Waals surface area contributed by atoms with Crippen LogP contribution in [0.5, 0.6) is 5.75 Å². The molecule has 0 aromatic heterocycles. The molecule has 0 aliphatic carbocycles. The average molecular weight is 279 g/mol. The molecule has 114 valence electrons. The summed E-state index contributed by atoms with van der Waals surface area (Å²) in [6, 6.07) is 8.59. The number of nitrogens with one attached hydrogen (secondary N) is 1. The van der Waals surface area contributed by atoms with Crippen molar-refractivity contribution in [1.82, 2.24) is 5.32 Å². The first-order valence-electron chi connectivity index (χ1n) is 7.85. The Morgan fingerprint density at radius 1 is 1.05 bits per heavy atom. The lowest BCUT2D eigenvalue weighted by molar-refractivity contribution is 0.109. The molecule has 0 aliphatic heterocycles. The first-order valence-corrected chi connectivity index (χ1v) is 7.85. The van der Waals surface area contributed by atoms with Crippen LogP contribution >= 0.6 is 0 Å². The largest absolute Gasteiger partial charge is 0.494 e. The van der Waals surface area contributed by atoms with Crippen molar-refractivity contribution in [2.75, 3.05) is 26.4 Å². The summed E-state index contributed by atoms with van der Waals surface area (Å²) in [4.78, 5) is 0. The summed E-state index contributed by atoms with van der Waals surface area (Å²) >= 11 is 0. The number of ether oxygens (including phenoxy) is 2. The average Bonchev–Trinajstić information content (AvgIpc) is 2.48. The van der Waals surface area contributed by atoms with Crippen LogP contribution in [0.25, 0.3) is 0 Å². The topological polar surface area (TPSA) is 30.5 Å². The highest BCUT2D eigenvalue weighted by atomic mass is 16.5. The van der Waals surface area contributed by atoms with Gasteiger partial charge in [-0.1, -0.05) is 32.4 Å². The van der Waals surface area contributed by atoms with E-state index < -0.39 is 0 Å². The fraction of sp³-hybridized carbons (Fsp3) is 0.647. The lowest BCUT2D eigenvalue weighted by atomic mass is 10.1. The van der Waals surface area contributed by atoms with Gasteiger partial charge >= 0.3 is 0 Å². The van der Waals surface area contributed by atoms with Crippen LogP contribution in [-0.2, 0) is 4.74 Å². The Morgan fingerprint density at radius 2 is 1.80 bits per heavy atom. The fourth-order valence-electron chi connectivity index (χ4n) is 2.00. The van der Waals surface area contributed by atoms with Gasteiger partial charge < -0.3 is 14.8 Å². The molecule has 0 saturated heterocycles. The lowest BCUT2D eigenvalue weighted by Gasteiger charge is -2.19. The molecule has 0 heterocycles. The molecular weight excluding hydrogens is 250 g/mol. The minimum Gasteiger partial charge on any atom is -0.494 e. The Balaban J connectivity index is 2.56. The second-order valence-corrected chi connectivity index (χ2v) is 4.94. The molecule has 0 fully saturated rings. The summed E-state index contributed by atoms with van der Waals surface area (Å²) in [6.45, 7) is 9.65. The van der Waals surface area contributed by atoms with Gasteiger partial charge in [0.25, 0.3) is 0 Å². The summed E-state index contributed by atoms with van der Waals surface area (Å²) in [7, 11) is 0. The van der Waals surface area contributed by atoms with Crippen LogP contribution < -0.4 is 10.1 Å². The summed E-state index contributed by atoms with van der Waals surface area (Å²) in [5.41, 5.74) is 1.26. The normalized spacial score (nSPS) is 12.3. The van der Waals surface area contributed by atoms with Crippen LogP contribution in [-0.4, -0.2) is 26.4 Å². The Hall–Kier alpha value is -1.06. The zero-order valence-corrected chi connectivity index (χ0v) is 13.2. The third-order valence-corrected chi connectivity index (χ3v) is 3.16. The van der Waals surface area contributed by atoms with Gasteiger partial charge in [0, 0.05) is 6.61 Å². The minimum absolute atomic E-state index is 0.266. The Kier molecular flexibility index (Phi) is 9.09. The molecule has 0 saturated carbocycles. The quantitative estimate of drug-likeness (QED) is 0.622. The Labute approximate surface area is 123 Å². The maximum atomic E-state index is 5.77. The third kappa shape index (κ3) is 6.40. The Bertz CT molecular complexity index is 337. The first kappa shape index (κ1) is 17.0. The highest BCUT2D eigenvalue weighted by Gasteiger charge is 2.10. The first-order chi connectivity index (χ1) is 9.81. The highest BCUT2D eigenvalue weighted by molar-refractivity contribution is 5.29. The van der Waals surface area contributed by atoms with E-state index in [-0.39, 0.29) is 6.04 Å². The van der Waals surface area contributed by atoms with Gasteiger partial charge in [0.2, 0.25) is 0 Å². The van der Waals surface area contributed by atoms with Crippen LogP contribution in [0.15, 0.2) is 24.3 Å². The van der Waals surface area contributed by atoms with E-state index in [4.69, 9.17) is 9.47 Å². The molecule has 1 unspecified atom stereocenters. The monoisotopic (exact) mass is 279 g/mol. The fourth-order valence-corrected chi connectivity index (χ4v) is 2.00. The van der Waals surface area contributed by atoms with Crippen molar-refractivity contribution in [3.8, 4) is 5.75 Å². The number of unbranched alkanes of at least 4 members (excludes halogenated alkanes) is 1. The number of hydrogen-bond acceptors (Lipinski definition) is 3. The standard InChI is InChI=1S/C17H29NO2/c1-4-7-13-19-14-17(18-12-5-2)15-8-10-16(11-9-15)20-6-3/h8-11,17-18H,4-7,12-14H2,1-3H3. The van der Waals surface area contributed by atoms with E-state index in [1.807, 2.05) is 19.1 Å². The van der Waals surface area contributed by atoms with Crippen LogP contribution in [0.2, 0.25) is 0 Å². The molecule has 0 bridgehead atoms. The van der Waals surface area contributed by atoms with Gasteiger partial charge in [-0.3, -0.25) is 0 Å². The molecule has 1 rings (SSSR count). The third-order valence-electron chi connectivity index (χ3n) is 3.16. The summed E-state index contributed by atoms with van der Waals surface area (Å²) < 4.78 is 11.3. The van der Waals surface area contributed by atoms with E-state index in [1.165, 1.54) is 12.0 Å². The van der Waals surface area contributed by atoms with Gasteiger partial charge in [-0.2, -0.15) is 0 Å². The maximum absolute atomic E-state index is 5.77. The molecule has 1 atom stereocenters. The molecular formula is C17H29NO2. The zero-order valence-electron chi connectivity index (χ0n) is 13.2. The number of hydrogen-bond donors (Lipinski definition) is 1. The summed E-state index contributed by atoms with van der Waals surface area (Å²) in [5, 5.41) is 3.55. The minimum atomic E-state index is 0.266. The van der Waals surface area contributed by atoms with E-state index in [2.05, 4.69) is 31.3 Å². The summed E-state index contributed by atoms with van der Waals surface area (Å²) in [5.74, 6) is 0.928. The van der Waals surface area contributed by atoms with Crippen molar-refractivity contribution in [3.05, 3.63) is 29.8 Å². The summed E-state index contributed by atoms with van der Waals surface area (Å²) in [6.07, 6.45) is 3.43. The predicted octanol–water partition coefficient (Wildman–Crippen LogP) is 3.94. The SMILES string of the molecule is CCCCOCC(NCCC)c1ccc(OCC)cc1. The van der Waals surface area contributed by atoms with Crippen molar-refractivity contribution in [2.24, 2.45) is 0 Å². The molecule has 3 heteroatoms. The van der Waals surface area contributed by atoms with Crippen molar-refractivity contribution in [2.45, 2.75) is 46.1 Å². The number of rotatable bonds is 11. The molecule has 0 aliphatic rings. The molecule has 1 N–H and O–H groups in total. The van der Waals surface area contributed by atoms with E-state index in [0.717, 1.165) is 38.3 Å². The van der Waals surface area contributed by atoms with E-state index in [9.17, 15) is 0 Å². The van der Waals surface area contributed by atoms with Crippen molar-refractivity contribution < 1.29 is 9.47 Å². The molecule has 3 nitrogen and oxygen atoms in total. The van der Waals surface area contributed by atoms with E-state index >= 15 is 0 Å². The van der Waals surface area contributed by atoms with E-state index in [0.29, 0.717) is 6.61 Å². The lowest BCUT2D eigenvalue weighted by Crippen LogP contribution is -2.26. The van der Waals surface area contributed by atoms with E-state index in [1.54, 1.807) is 0 Å². The maximum Gasteiger partial charge on any atom is 0.119 e. The number of benzene rings is 1. The van der Waals surface area contributed by atoms with Crippen molar-refractivity contribution in [1.29, 1.82) is 0 Å². The van der Waals surface area contributed by atoms with Crippen molar-refractivity contribution >= 4 is 0 Å². The molecule has 0 amide bonds. The van der Waals surface area contributed by atoms with Gasteiger partial charge in [0.1, 0.15) is 5.75 Å². The molecule has 0 radical (unpaired) electrons. The van der Waals surface area contributed by atoms with Gasteiger partial charge in [-0.15, -0.1) is 0 Å². The van der Waals surface area contributed by atoms with Crippen LogP contribution in [0.1, 0.15) is 51.6 Å². The van der Waals surface area contributed by atoms with Gasteiger partial charge in [-0.25, -0.2) is 0 Å².